The van der Waals surface area contributed by atoms with Gasteiger partial charge in [-0.1, -0.05) is 62.9 Å². The molecule has 0 fully saturated rings. The summed E-state index contributed by atoms with van der Waals surface area (Å²) in [6, 6.07) is 11.4. The zero-order valence-electron chi connectivity index (χ0n) is 9.18. The third-order valence-corrected chi connectivity index (χ3v) is 3.97. The van der Waals surface area contributed by atoms with Crippen LogP contribution in [-0.4, -0.2) is 0 Å². The van der Waals surface area contributed by atoms with Crippen molar-refractivity contribution in [2.24, 2.45) is 0 Å². The zero-order chi connectivity index (χ0) is 13.1. The molecule has 0 aliphatic rings. The highest BCUT2D eigenvalue weighted by atomic mass is 79.9. The van der Waals surface area contributed by atoms with Gasteiger partial charge in [-0.25, -0.2) is 0 Å². The zero-order valence-corrected chi connectivity index (χ0v) is 13.0. The number of rotatable bonds is 3. The highest BCUT2D eigenvalue weighted by Gasteiger charge is 2.05. The van der Waals surface area contributed by atoms with Crippen molar-refractivity contribution in [3.63, 3.8) is 0 Å². The number of benzene rings is 2. The van der Waals surface area contributed by atoms with Crippen LogP contribution in [0.3, 0.4) is 0 Å². The molecular weight excluding hydrogens is 356 g/mol. The molecule has 0 atom stereocenters. The van der Waals surface area contributed by atoms with Crippen molar-refractivity contribution in [2.45, 2.75) is 6.54 Å². The number of hydrogen-bond acceptors (Lipinski definition) is 1. The normalized spacial score (nSPS) is 10.4. The first kappa shape index (κ1) is 14.0. The fourth-order valence-corrected chi connectivity index (χ4v) is 2.34. The summed E-state index contributed by atoms with van der Waals surface area (Å²) in [5.41, 5.74) is 1.93. The lowest BCUT2D eigenvalue weighted by atomic mass is 10.2. The Morgan fingerprint density at radius 1 is 0.889 bits per heavy atom. The topological polar surface area (TPSA) is 12.0 Å². The molecule has 0 unspecified atom stereocenters. The van der Waals surface area contributed by atoms with Crippen molar-refractivity contribution in [3.8, 4) is 0 Å². The number of nitrogens with one attached hydrogen (secondary N) is 1. The van der Waals surface area contributed by atoms with Crippen molar-refractivity contribution in [1.82, 2.24) is 0 Å². The largest absolute Gasteiger partial charge is 0.380 e. The van der Waals surface area contributed by atoms with Gasteiger partial charge in [0.25, 0.3) is 0 Å². The Kier molecular flexibility index (Phi) is 4.79. The first-order chi connectivity index (χ1) is 8.56. The molecule has 0 aliphatic carbocycles. The molecule has 0 spiro atoms. The summed E-state index contributed by atoms with van der Waals surface area (Å²) in [7, 11) is 0. The quantitative estimate of drug-likeness (QED) is 0.656. The van der Waals surface area contributed by atoms with Gasteiger partial charge in [-0.2, -0.15) is 0 Å². The lowest BCUT2D eigenvalue weighted by Gasteiger charge is -2.10. The van der Waals surface area contributed by atoms with E-state index in [1.54, 1.807) is 12.1 Å². The molecule has 18 heavy (non-hydrogen) atoms. The van der Waals surface area contributed by atoms with E-state index in [2.05, 4.69) is 21.2 Å². The van der Waals surface area contributed by atoms with Crippen LogP contribution in [0.25, 0.3) is 0 Å². The Balaban J connectivity index is 2.10. The van der Waals surface area contributed by atoms with E-state index in [0.717, 1.165) is 15.7 Å². The highest BCUT2D eigenvalue weighted by molar-refractivity contribution is 9.10. The van der Waals surface area contributed by atoms with Gasteiger partial charge in [0, 0.05) is 11.0 Å². The number of anilines is 1. The molecule has 1 N–H and O–H groups in total. The van der Waals surface area contributed by atoms with Crippen molar-refractivity contribution >= 4 is 56.4 Å². The van der Waals surface area contributed by atoms with Crippen molar-refractivity contribution in [1.29, 1.82) is 0 Å². The van der Waals surface area contributed by atoms with Crippen molar-refractivity contribution in [2.75, 3.05) is 5.32 Å². The molecule has 0 saturated heterocycles. The standard InChI is InChI=1S/C13H9BrCl3N/c14-9-3-1-8(2-4-9)7-18-13-6-11(16)10(15)5-12(13)17/h1-6,18H,7H2. The van der Waals surface area contributed by atoms with Crippen molar-refractivity contribution in [3.05, 3.63) is 61.5 Å². The van der Waals surface area contributed by atoms with Crippen LogP contribution in [0, 0.1) is 0 Å². The number of halogens is 4. The van der Waals surface area contributed by atoms with E-state index in [9.17, 15) is 0 Å². The molecule has 0 amide bonds. The summed E-state index contributed by atoms with van der Waals surface area (Å²) in [4.78, 5) is 0. The predicted octanol–water partition coefficient (Wildman–Crippen LogP) is 6.02. The second kappa shape index (κ2) is 6.16. The van der Waals surface area contributed by atoms with Crippen LogP contribution in [0.1, 0.15) is 5.56 Å². The van der Waals surface area contributed by atoms with E-state index >= 15 is 0 Å². The molecule has 1 nitrogen and oxygen atoms in total. The predicted molar refractivity (Wildman–Crippen MR) is 82.9 cm³/mol. The Morgan fingerprint density at radius 3 is 2.17 bits per heavy atom. The summed E-state index contributed by atoms with van der Waals surface area (Å²) < 4.78 is 1.05. The van der Waals surface area contributed by atoms with Gasteiger partial charge in [0.2, 0.25) is 0 Å². The van der Waals surface area contributed by atoms with E-state index in [1.807, 2.05) is 24.3 Å². The van der Waals surface area contributed by atoms with Gasteiger partial charge in [0.15, 0.2) is 0 Å². The average Bonchev–Trinajstić information content (AvgIpc) is 2.34. The van der Waals surface area contributed by atoms with Gasteiger partial charge in [-0.15, -0.1) is 0 Å². The van der Waals surface area contributed by atoms with Crippen molar-refractivity contribution < 1.29 is 0 Å². The van der Waals surface area contributed by atoms with Crippen LogP contribution < -0.4 is 5.32 Å². The Bertz CT molecular complexity index is 555. The van der Waals surface area contributed by atoms with Crippen LogP contribution in [-0.2, 0) is 6.54 Å². The maximum absolute atomic E-state index is 6.08. The maximum atomic E-state index is 6.08. The van der Waals surface area contributed by atoms with Gasteiger partial charge in [-0.05, 0) is 29.8 Å². The molecule has 0 aromatic heterocycles. The minimum absolute atomic E-state index is 0.454. The lowest BCUT2D eigenvalue weighted by molar-refractivity contribution is 1.15. The van der Waals surface area contributed by atoms with E-state index in [-0.39, 0.29) is 0 Å². The third kappa shape index (κ3) is 3.55. The monoisotopic (exact) mass is 363 g/mol. The van der Waals surface area contributed by atoms with Gasteiger partial charge in [0.05, 0.1) is 20.8 Å². The summed E-state index contributed by atoms with van der Waals surface area (Å²) in [5, 5.41) is 4.72. The Hall–Kier alpha value is -0.410. The van der Waals surface area contributed by atoms with E-state index in [0.29, 0.717) is 21.6 Å². The van der Waals surface area contributed by atoms with Crippen LogP contribution >= 0.6 is 50.7 Å². The van der Waals surface area contributed by atoms with E-state index in [1.165, 1.54) is 0 Å². The molecule has 0 radical (unpaired) electrons. The van der Waals surface area contributed by atoms with Crippen LogP contribution in [0.15, 0.2) is 40.9 Å². The van der Waals surface area contributed by atoms with Gasteiger partial charge in [0.1, 0.15) is 0 Å². The highest BCUT2D eigenvalue weighted by Crippen LogP contribution is 2.32. The Labute approximate surface area is 129 Å². The molecule has 5 heteroatoms. The van der Waals surface area contributed by atoms with Gasteiger partial charge in [-0.3, -0.25) is 0 Å². The molecule has 2 aromatic rings. The summed E-state index contributed by atoms with van der Waals surface area (Å²) in [6.07, 6.45) is 0. The van der Waals surface area contributed by atoms with Crippen LogP contribution in [0.5, 0.6) is 0 Å². The molecule has 0 bridgehead atoms. The average molecular weight is 365 g/mol. The molecule has 0 heterocycles. The third-order valence-electron chi connectivity index (χ3n) is 2.41. The second-order valence-corrected chi connectivity index (χ2v) is 5.86. The van der Waals surface area contributed by atoms with E-state index in [4.69, 9.17) is 34.8 Å². The fraction of sp³-hybridized carbons (Fsp3) is 0.0769. The van der Waals surface area contributed by atoms with Gasteiger partial charge >= 0.3 is 0 Å². The SMILES string of the molecule is Clc1cc(Cl)c(NCc2ccc(Br)cc2)cc1Cl. The molecular formula is C13H9BrCl3N. The van der Waals surface area contributed by atoms with Crippen LogP contribution in [0.4, 0.5) is 5.69 Å². The van der Waals surface area contributed by atoms with Crippen LogP contribution in [0.2, 0.25) is 15.1 Å². The van der Waals surface area contributed by atoms with Gasteiger partial charge < -0.3 is 5.32 Å². The van der Waals surface area contributed by atoms with E-state index < -0.39 is 0 Å². The molecule has 2 aromatic carbocycles. The number of hydrogen-bond donors (Lipinski definition) is 1. The molecule has 2 rings (SSSR count). The minimum atomic E-state index is 0.454. The Morgan fingerprint density at radius 2 is 1.50 bits per heavy atom. The fourth-order valence-electron chi connectivity index (χ4n) is 1.46. The first-order valence-corrected chi connectivity index (χ1v) is 7.12. The second-order valence-electron chi connectivity index (χ2n) is 3.73. The minimum Gasteiger partial charge on any atom is -0.380 e. The molecule has 0 saturated carbocycles. The lowest BCUT2D eigenvalue weighted by Crippen LogP contribution is -1.99. The summed E-state index contributed by atoms with van der Waals surface area (Å²) in [5.74, 6) is 0. The molecule has 0 aliphatic heterocycles. The summed E-state index contributed by atoms with van der Waals surface area (Å²) in [6.45, 7) is 0.672. The first-order valence-electron chi connectivity index (χ1n) is 5.19. The molecule has 94 valence electrons. The smallest absolute Gasteiger partial charge is 0.0653 e. The summed E-state index contributed by atoms with van der Waals surface area (Å²) >= 11 is 21.3. The maximum Gasteiger partial charge on any atom is 0.0653 e.